The molecule has 0 unspecified atom stereocenters. The molecule has 0 aliphatic rings. The zero-order valence-corrected chi connectivity index (χ0v) is 20.4. The highest BCUT2D eigenvalue weighted by molar-refractivity contribution is 7.99. The largest absolute Gasteiger partial charge is 0.497 e. The number of ketones is 1. The van der Waals surface area contributed by atoms with Gasteiger partial charge in [0.2, 0.25) is 0 Å². The summed E-state index contributed by atoms with van der Waals surface area (Å²) in [6.07, 6.45) is 0. The van der Waals surface area contributed by atoms with Gasteiger partial charge in [-0.15, -0.1) is 10.2 Å². The highest BCUT2D eigenvalue weighted by atomic mass is 35.5. The zero-order valence-electron chi connectivity index (χ0n) is 18.8. The summed E-state index contributed by atoms with van der Waals surface area (Å²) < 4.78 is 18.0. The van der Waals surface area contributed by atoms with E-state index in [-0.39, 0.29) is 11.5 Å². The van der Waals surface area contributed by atoms with Gasteiger partial charge in [-0.25, -0.2) is 0 Å². The van der Waals surface area contributed by atoms with Crippen molar-refractivity contribution in [3.63, 3.8) is 0 Å². The summed E-state index contributed by atoms with van der Waals surface area (Å²) in [5.74, 6) is 2.37. The van der Waals surface area contributed by atoms with Gasteiger partial charge in [0, 0.05) is 16.8 Å². The summed E-state index contributed by atoms with van der Waals surface area (Å²) in [6, 6.07) is 20.0. The van der Waals surface area contributed by atoms with Crippen LogP contribution in [-0.4, -0.2) is 47.6 Å². The third-order valence-electron chi connectivity index (χ3n) is 5.11. The van der Waals surface area contributed by atoms with E-state index >= 15 is 0 Å². The Bertz CT molecular complexity index is 1310. The van der Waals surface area contributed by atoms with Crippen molar-refractivity contribution in [2.24, 2.45) is 0 Å². The van der Waals surface area contributed by atoms with Gasteiger partial charge in [-0.2, -0.15) is 0 Å². The van der Waals surface area contributed by atoms with Crippen LogP contribution in [0, 0.1) is 0 Å². The van der Waals surface area contributed by atoms with Gasteiger partial charge in [0.1, 0.15) is 17.2 Å². The first-order valence-corrected chi connectivity index (χ1v) is 11.6. The van der Waals surface area contributed by atoms with Crippen molar-refractivity contribution in [2.45, 2.75) is 5.16 Å². The predicted octanol–water partition coefficient (Wildman–Crippen LogP) is 5.59. The van der Waals surface area contributed by atoms with Gasteiger partial charge in [-0.3, -0.25) is 9.36 Å². The summed E-state index contributed by atoms with van der Waals surface area (Å²) in [5, 5.41) is 9.99. The van der Waals surface area contributed by atoms with Gasteiger partial charge in [0.15, 0.2) is 16.8 Å². The van der Waals surface area contributed by atoms with Crippen molar-refractivity contribution in [1.29, 1.82) is 0 Å². The van der Waals surface area contributed by atoms with Gasteiger partial charge >= 0.3 is 0 Å². The number of thioether (sulfide) groups is 1. The number of hydrogen-bond donors (Lipinski definition) is 0. The SMILES string of the molecule is COc1ccc(C(=O)CSc2nnc(-c3ccccc3OC)n2-c2ccc(Cl)cc2)c(OC)c1. The molecular formula is C25H22ClN3O4S. The number of carbonyl (C=O) groups is 1. The molecule has 4 rings (SSSR count). The number of nitrogens with zero attached hydrogens (tertiary/aromatic N) is 3. The van der Waals surface area contributed by atoms with Gasteiger partial charge in [0.25, 0.3) is 0 Å². The molecule has 9 heteroatoms. The van der Waals surface area contributed by atoms with Crippen LogP contribution in [0.1, 0.15) is 10.4 Å². The molecular weight excluding hydrogens is 474 g/mol. The molecule has 1 heterocycles. The quantitative estimate of drug-likeness (QED) is 0.221. The highest BCUT2D eigenvalue weighted by Gasteiger charge is 2.21. The number of carbonyl (C=O) groups excluding carboxylic acids is 1. The molecule has 34 heavy (non-hydrogen) atoms. The Balaban J connectivity index is 1.69. The van der Waals surface area contributed by atoms with Crippen LogP contribution in [-0.2, 0) is 0 Å². The van der Waals surface area contributed by atoms with E-state index in [0.29, 0.717) is 38.8 Å². The molecule has 0 fully saturated rings. The molecule has 174 valence electrons. The summed E-state index contributed by atoms with van der Waals surface area (Å²) in [5.41, 5.74) is 2.06. The third kappa shape index (κ3) is 4.88. The van der Waals surface area contributed by atoms with E-state index in [9.17, 15) is 4.79 Å². The molecule has 4 aromatic rings. The summed E-state index contributed by atoms with van der Waals surface area (Å²) >= 11 is 7.39. The average molecular weight is 496 g/mol. The first-order valence-electron chi connectivity index (χ1n) is 10.3. The smallest absolute Gasteiger partial charge is 0.196 e. The van der Waals surface area contributed by atoms with Crippen LogP contribution in [0.5, 0.6) is 17.2 Å². The Morgan fingerprint density at radius 1 is 0.912 bits per heavy atom. The molecule has 0 aliphatic carbocycles. The van der Waals surface area contributed by atoms with Crippen molar-refractivity contribution in [3.05, 3.63) is 77.3 Å². The molecule has 0 aliphatic heterocycles. The van der Waals surface area contributed by atoms with Gasteiger partial charge in [0.05, 0.1) is 38.2 Å². The van der Waals surface area contributed by atoms with E-state index in [0.717, 1.165) is 11.3 Å². The molecule has 0 saturated heterocycles. The van der Waals surface area contributed by atoms with E-state index in [1.165, 1.54) is 18.9 Å². The lowest BCUT2D eigenvalue weighted by Crippen LogP contribution is -2.07. The predicted molar refractivity (Wildman–Crippen MR) is 133 cm³/mol. The Morgan fingerprint density at radius 3 is 2.35 bits per heavy atom. The Labute approximate surface area is 206 Å². The maximum Gasteiger partial charge on any atom is 0.196 e. The molecule has 7 nitrogen and oxygen atoms in total. The Kier molecular flexibility index (Phi) is 7.40. The van der Waals surface area contributed by atoms with Crippen LogP contribution < -0.4 is 14.2 Å². The van der Waals surface area contributed by atoms with Crippen LogP contribution in [0.25, 0.3) is 17.1 Å². The number of hydrogen-bond acceptors (Lipinski definition) is 7. The standard InChI is InChI=1S/C25H22ClN3O4S/c1-31-18-12-13-19(23(14-18)33-3)21(30)15-34-25-28-27-24(20-6-4-5-7-22(20)32-2)29(25)17-10-8-16(26)9-11-17/h4-14H,15H2,1-3H3. The summed E-state index contributed by atoms with van der Waals surface area (Å²) in [6.45, 7) is 0. The molecule has 1 aromatic heterocycles. The van der Waals surface area contributed by atoms with E-state index in [1.54, 1.807) is 44.6 Å². The van der Waals surface area contributed by atoms with Crippen LogP contribution in [0.15, 0.2) is 71.9 Å². The highest BCUT2D eigenvalue weighted by Crippen LogP contribution is 2.34. The van der Waals surface area contributed by atoms with E-state index < -0.39 is 0 Å². The minimum absolute atomic E-state index is 0.103. The number of rotatable bonds is 9. The number of halogens is 1. The second-order valence-electron chi connectivity index (χ2n) is 7.10. The van der Waals surface area contributed by atoms with Gasteiger partial charge in [-0.1, -0.05) is 35.5 Å². The first-order chi connectivity index (χ1) is 16.5. The number of benzene rings is 3. The molecule has 0 atom stereocenters. The molecule has 0 bridgehead atoms. The second kappa shape index (κ2) is 10.6. The van der Waals surface area contributed by atoms with Crippen LogP contribution in [0.3, 0.4) is 0 Å². The molecule has 3 aromatic carbocycles. The molecule has 0 spiro atoms. The van der Waals surface area contributed by atoms with Gasteiger partial charge in [-0.05, 0) is 48.5 Å². The average Bonchev–Trinajstić information content (AvgIpc) is 3.30. The number of aromatic nitrogens is 3. The topological polar surface area (TPSA) is 75.5 Å². The maximum absolute atomic E-state index is 13.0. The van der Waals surface area contributed by atoms with E-state index in [1.807, 2.05) is 41.0 Å². The lowest BCUT2D eigenvalue weighted by molar-refractivity contribution is 0.101. The normalized spacial score (nSPS) is 10.7. The summed E-state index contributed by atoms with van der Waals surface area (Å²) in [7, 11) is 4.70. The fourth-order valence-corrected chi connectivity index (χ4v) is 4.39. The fraction of sp³-hybridized carbons (Fsp3) is 0.160. The zero-order chi connectivity index (χ0) is 24.1. The maximum atomic E-state index is 13.0. The van der Waals surface area contributed by atoms with Crippen LogP contribution >= 0.6 is 23.4 Å². The van der Waals surface area contributed by atoms with Crippen molar-refractivity contribution in [3.8, 4) is 34.3 Å². The molecule has 0 N–H and O–H groups in total. The lowest BCUT2D eigenvalue weighted by Gasteiger charge is -2.13. The number of para-hydroxylation sites is 1. The molecule has 0 amide bonds. The van der Waals surface area contributed by atoms with Crippen LogP contribution in [0.4, 0.5) is 0 Å². The lowest BCUT2D eigenvalue weighted by atomic mass is 10.1. The first kappa shape index (κ1) is 23.7. The minimum atomic E-state index is -0.103. The molecule has 0 saturated carbocycles. The number of ether oxygens (including phenoxy) is 3. The fourth-order valence-electron chi connectivity index (χ4n) is 3.43. The Morgan fingerprint density at radius 2 is 1.65 bits per heavy atom. The monoisotopic (exact) mass is 495 g/mol. The van der Waals surface area contributed by atoms with Crippen molar-refractivity contribution in [1.82, 2.24) is 14.8 Å². The van der Waals surface area contributed by atoms with Crippen molar-refractivity contribution < 1.29 is 19.0 Å². The van der Waals surface area contributed by atoms with Gasteiger partial charge < -0.3 is 14.2 Å². The number of Topliss-reactive ketones (excluding diaryl/α,β-unsaturated/α-hetero) is 1. The Hall–Kier alpha value is -3.49. The van der Waals surface area contributed by atoms with Crippen molar-refractivity contribution >= 4 is 29.1 Å². The van der Waals surface area contributed by atoms with Crippen molar-refractivity contribution in [2.75, 3.05) is 27.1 Å². The second-order valence-corrected chi connectivity index (χ2v) is 8.48. The van der Waals surface area contributed by atoms with E-state index in [4.69, 9.17) is 25.8 Å². The number of methoxy groups -OCH3 is 3. The van der Waals surface area contributed by atoms with E-state index in [2.05, 4.69) is 10.2 Å². The summed E-state index contributed by atoms with van der Waals surface area (Å²) in [4.78, 5) is 13.0. The minimum Gasteiger partial charge on any atom is -0.497 e. The third-order valence-corrected chi connectivity index (χ3v) is 6.29. The molecule has 0 radical (unpaired) electrons. The van der Waals surface area contributed by atoms with Crippen LogP contribution in [0.2, 0.25) is 5.02 Å².